The predicted molar refractivity (Wildman–Crippen MR) is 245 cm³/mol. The van der Waals surface area contributed by atoms with Crippen molar-refractivity contribution in [1.29, 1.82) is 0 Å². The van der Waals surface area contributed by atoms with Crippen molar-refractivity contribution in [2.75, 3.05) is 5.33 Å². The van der Waals surface area contributed by atoms with E-state index in [9.17, 15) is 53.9 Å². The van der Waals surface area contributed by atoms with E-state index in [0.29, 0.717) is 39.4 Å². The SMILES string of the molecule is CC(=O)c1ccc(-c2cccc(C(F)(F)F)c2)cc1.CC(=O)c1ccc(Br)cc1.O=C(CBr)c1ccc(-c2cccc(C(F)(F)F)c2)cc1.OB(O)c1cccc(C(F)(F)F)c1.[Br][Cu][Br]. The number of halogens is 13. The molecular formula is C45H34BBr4CuF9O5. The molecule has 0 aromatic heterocycles. The zero-order chi connectivity index (χ0) is 49.1. The van der Waals surface area contributed by atoms with Gasteiger partial charge in [0.1, 0.15) is 0 Å². The number of rotatable bonds is 7. The van der Waals surface area contributed by atoms with Crippen molar-refractivity contribution in [3.05, 3.63) is 183 Å². The molecule has 0 aliphatic heterocycles. The van der Waals surface area contributed by atoms with Gasteiger partial charge in [0, 0.05) is 21.2 Å². The Bertz CT molecular complexity index is 2450. The molecule has 0 radical (unpaired) electrons. The van der Waals surface area contributed by atoms with Gasteiger partial charge in [0.05, 0.1) is 22.0 Å². The molecule has 20 heteroatoms. The summed E-state index contributed by atoms with van der Waals surface area (Å²) in [7, 11) is -1.87. The number of Topliss-reactive ketones (excluding diaryl/α,β-unsaturated/α-hetero) is 3. The van der Waals surface area contributed by atoms with Crippen molar-refractivity contribution in [3.63, 3.8) is 0 Å². The Kier molecular flexibility index (Phi) is 23.8. The third-order valence-electron chi connectivity index (χ3n) is 8.43. The fraction of sp³-hybridized carbons (Fsp3) is 0.133. The zero-order valence-electron chi connectivity index (χ0n) is 33.5. The summed E-state index contributed by atoms with van der Waals surface area (Å²) in [5.74, 6) is -0.0383. The van der Waals surface area contributed by atoms with Gasteiger partial charge in [0.15, 0.2) is 17.3 Å². The van der Waals surface area contributed by atoms with Crippen LogP contribution in [0.2, 0.25) is 0 Å². The first-order valence-corrected chi connectivity index (χ1v) is 24.7. The molecule has 0 heterocycles. The molecule has 0 saturated carbocycles. The summed E-state index contributed by atoms with van der Waals surface area (Å²) < 4.78 is 113. The summed E-state index contributed by atoms with van der Waals surface area (Å²) in [6.07, 6.45) is -13.2. The molecular weight excluding hydrogens is 1190 g/mol. The topological polar surface area (TPSA) is 91.7 Å². The van der Waals surface area contributed by atoms with Crippen molar-refractivity contribution in [2.24, 2.45) is 0 Å². The molecule has 0 bridgehead atoms. The van der Waals surface area contributed by atoms with Gasteiger partial charge in [-0.15, -0.1) is 0 Å². The first-order valence-electron chi connectivity index (χ1n) is 18.1. The van der Waals surface area contributed by atoms with Crippen LogP contribution in [0.5, 0.6) is 0 Å². The average molecular weight is 1220 g/mol. The number of hydrogen-bond donors (Lipinski definition) is 2. The normalized spacial score (nSPS) is 10.9. The molecule has 6 aromatic carbocycles. The molecule has 5 nitrogen and oxygen atoms in total. The Morgan fingerprint density at radius 3 is 1.15 bits per heavy atom. The third kappa shape index (κ3) is 20.3. The second-order valence-corrected chi connectivity index (χ2v) is 19.3. The molecule has 0 atom stereocenters. The summed E-state index contributed by atoms with van der Waals surface area (Å²) in [4.78, 5) is 33.3. The Labute approximate surface area is 405 Å². The van der Waals surface area contributed by atoms with Crippen LogP contribution < -0.4 is 5.46 Å². The molecule has 0 aliphatic carbocycles. The molecule has 349 valence electrons. The standard InChI is InChI=1S/C15H10BrF3O.C15H11F3O.C8H7BrO.C7H6BF3O2.2BrH.Cu/c16-9-14(20)11-6-4-10(5-7-11)12-2-1-3-13(8-12)15(17,18)19;1-10(19)11-5-7-12(8-6-11)13-3-2-4-14(9-13)15(16,17)18;1-6(10)7-2-4-8(9)5-3-7;9-7(10,11)5-2-1-3-6(4-5)8(12)13;;;/h1-8H,9H2;2-9H,1H3;2-5H,1H3;1-4,12-13H;2*1H;/q;;;;;;+2/p-2. The maximum absolute atomic E-state index is 12.6. The first kappa shape index (κ1) is 57.3. The van der Waals surface area contributed by atoms with Crippen molar-refractivity contribution >= 4 is 90.0 Å². The van der Waals surface area contributed by atoms with E-state index in [2.05, 4.69) is 60.1 Å². The van der Waals surface area contributed by atoms with Gasteiger partial charge in [-0.25, -0.2) is 0 Å². The van der Waals surface area contributed by atoms with Gasteiger partial charge in [0.25, 0.3) is 0 Å². The molecule has 0 unspecified atom stereocenters. The Morgan fingerprint density at radius 2 is 0.831 bits per heavy atom. The third-order valence-corrected chi connectivity index (χ3v) is 9.47. The van der Waals surface area contributed by atoms with Crippen LogP contribution in [0.1, 0.15) is 61.6 Å². The molecule has 6 aromatic rings. The van der Waals surface area contributed by atoms with Gasteiger partial charge in [-0.3, -0.25) is 14.4 Å². The Morgan fingerprint density at radius 1 is 0.508 bits per heavy atom. The summed E-state index contributed by atoms with van der Waals surface area (Å²) in [6, 6.07) is 34.5. The monoisotopic (exact) mass is 1210 g/mol. The van der Waals surface area contributed by atoms with E-state index in [1.165, 1.54) is 36.5 Å². The summed E-state index contributed by atoms with van der Waals surface area (Å²) in [5.41, 5.74) is 1.63. The van der Waals surface area contributed by atoms with Gasteiger partial charge in [-0.1, -0.05) is 141 Å². The van der Waals surface area contributed by atoms with E-state index in [1.807, 2.05) is 12.1 Å². The minimum atomic E-state index is -4.45. The number of ketones is 3. The van der Waals surface area contributed by atoms with E-state index in [4.69, 9.17) is 10.0 Å². The van der Waals surface area contributed by atoms with Crippen molar-refractivity contribution in [1.82, 2.24) is 0 Å². The Hall–Kier alpha value is -3.88. The van der Waals surface area contributed by atoms with Crippen LogP contribution in [-0.2, 0) is 29.9 Å². The number of benzene rings is 6. The van der Waals surface area contributed by atoms with Gasteiger partial charge in [-0.05, 0) is 78.0 Å². The molecule has 6 rings (SSSR count). The van der Waals surface area contributed by atoms with E-state index < -0.39 is 42.3 Å². The molecule has 65 heavy (non-hydrogen) atoms. The summed E-state index contributed by atoms with van der Waals surface area (Å²) >= 11 is 13.7. The van der Waals surface area contributed by atoms with Gasteiger partial charge in [0.2, 0.25) is 0 Å². The number of alkyl halides is 10. The van der Waals surface area contributed by atoms with Crippen LogP contribution in [0, 0.1) is 0 Å². The van der Waals surface area contributed by atoms with Gasteiger partial charge < -0.3 is 10.0 Å². The fourth-order valence-electron chi connectivity index (χ4n) is 5.13. The molecule has 0 spiro atoms. The molecule has 0 fully saturated rings. The number of carbonyl (C=O) groups is 3. The predicted octanol–water partition coefficient (Wildman–Crippen LogP) is 14.3. The minimum absolute atomic E-state index is 0.0689. The maximum atomic E-state index is 12.6. The summed E-state index contributed by atoms with van der Waals surface area (Å²) in [6.45, 7) is 3.00. The average Bonchev–Trinajstić information content (AvgIpc) is 3.26. The van der Waals surface area contributed by atoms with Crippen molar-refractivity contribution in [3.8, 4) is 22.3 Å². The molecule has 0 aliphatic rings. The number of hydrogen-bond acceptors (Lipinski definition) is 5. The van der Waals surface area contributed by atoms with Crippen LogP contribution >= 0.6 is 60.1 Å². The van der Waals surface area contributed by atoms with Gasteiger partial charge in [-0.2, -0.15) is 39.5 Å². The van der Waals surface area contributed by atoms with E-state index in [1.54, 1.807) is 79.7 Å². The van der Waals surface area contributed by atoms with Crippen LogP contribution in [0.4, 0.5) is 39.5 Å². The van der Waals surface area contributed by atoms with Crippen LogP contribution in [0.25, 0.3) is 22.3 Å². The number of carbonyl (C=O) groups excluding carboxylic acids is 3. The van der Waals surface area contributed by atoms with E-state index in [0.717, 1.165) is 46.4 Å². The first-order chi connectivity index (χ1) is 30.3. The van der Waals surface area contributed by atoms with Crippen LogP contribution in [-0.4, -0.2) is 39.8 Å². The van der Waals surface area contributed by atoms with Crippen LogP contribution in [0.3, 0.4) is 0 Å². The summed E-state index contributed by atoms with van der Waals surface area (Å²) in [5, 5.41) is 17.4. The van der Waals surface area contributed by atoms with E-state index in [-0.39, 0.29) is 28.1 Å². The van der Waals surface area contributed by atoms with E-state index >= 15 is 0 Å². The second-order valence-electron chi connectivity index (χ2n) is 13.0. The van der Waals surface area contributed by atoms with Crippen molar-refractivity contribution < 1.29 is 75.3 Å². The quantitative estimate of drug-likeness (QED) is 0.0719. The fourth-order valence-corrected chi connectivity index (χ4v) is 5.72. The van der Waals surface area contributed by atoms with Gasteiger partial charge >= 0.3 is 65.2 Å². The molecule has 0 amide bonds. The van der Waals surface area contributed by atoms with Crippen LogP contribution in [0.15, 0.2) is 150 Å². The van der Waals surface area contributed by atoms with Crippen molar-refractivity contribution in [2.45, 2.75) is 32.4 Å². The Balaban J connectivity index is 0.000000300. The second kappa shape index (κ2) is 27.1. The molecule has 0 saturated heterocycles. The molecule has 2 N–H and O–H groups in total. The zero-order valence-corrected chi connectivity index (χ0v) is 40.8.